The normalized spacial score (nSPS) is 16.8. The molecule has 0 radical (unpaired) electrons. The van der Waals surface area contributed by atoms with Gasteiger partial charge < -0.3 is 25.0 Å². The van der Waals surface area contributed by atoms with Crippen LogP contribution < -0.4 is 5.73 Å². The molecule has 0 atom stereocenters. The second-order valence-electron chi connectivity index (χ2n) is 8.69. The monoisotopic (exact) mass is 445 g/mol. The van der Waals surface area contributed by atoms with Gasteiger partial charge in [0.05, 0.1) is 24.4 Å². The summed E-state index contributed by atoms with van der Waals surface area (Å²) < 4.78 is 7.18. The minimum absolute atomic E-state index is 0.115. The lowest BCUT2D eigenvalue weighted by atomic mass is 10.0. The maximum Gasteiger partial charge on any atom is 0.271 e. The first-order valence-electron chi connectivity index (χ1n) is 11.2. The van der Waals surface area contributed by atoms with Crippen LogP contribution in [-0.4, -0.2) is 56.3 Å². The number of hydrogen-bond acceptors (Lipinski definition) is 6. The summed E-state index contributed by atoms with van der Waals surface area (Å²) in [4.78, 5) is 24.3. The van der Waals surface area contributed by atoms with Crippen molar-refractivity contribution >= 4 is 22.8 Å². The average molecular weight is 446 g/mol. The van der Waals surface area contributed by atoms with E-state index in [1.165, 1.54) is 0 Å². The van der Waals surface area contributed by atoms with Crippen LogP contribution in [0.4, 0.5) is 5.95 Å². The van der Waals surface area contributed by atoms with Crippen molar-refractivity contribution in [2.45, 2.75) is 44.4 Å². The number of carbonyl (C=O) groups is 1. The number of ether oxygens (including phenoxy) is 1. The number of hydrogen-bond donors (Lipinski definition) is 2. The molecule has 2 aromatic heterocycles. The molecular weight excluding hydrogens is 418 g/mol. The molecule has 1 aromatic carbocycles. The molecule has 3 N–H and O–H groups in total. The number of fused-ring (bicyclic) bond motifs is 5. The Morgan fingerprint density at radius 2 is 2.06 bits per heavy atom. The van der Waals surface area contributed by atoms with Crippen molar-refractivity contribution in [1.82, 2.24) is 19.4 Å². The van der Waals surface area contributed by atoms with E-state index in [-0.39, 0.29) is 18.4 Å². The Balaban J connectivity index is 1.70. The summed E-state index contributed by atoms with van der Waals surface area (Å²) in [6.45, 7) is 1.51. The number of anilines is 1. The predicted octanol–water partition coefficient (Wildman–Crippen LogP) is 2.59. The number of aliphatic hydroxyl groups is 1. The van der Waals surface area contributed by atoms with Crippen molar-refractivity contribution in [3.8, 4) is 23.1 Å². The minimum atomic E-state index is -0.928. The number of nitrogens with zero attached hydrogens (tertiary/aromatic N) is 4. The van der Waals surface area contributed by atoms with E-state index in [9.17, 15) is 9.90 Å². The zero-order chi connectivity index (χ0) is 23.0. The molecule has 5 rings (SSSR count). The summed E-state index contributed by atoms with van der Waals surface area (Å²) >= 11 is 0. The number of carbonyl (C=O) groups excluding carboxylic acids is 1. The Bertz CT molecular complexity index is 1280. The van der Waals surface area contributed by atoms with E-state index >= 15 is 0 Å². The number of rotatable bonds is 4. The lowest BCUT2D eigenvalue weighted by Gasteiger charge is -2.21. The molecule has 2 aliphatic rings. The molecule has 170 valence electrons. The lowest BCUT2D eigenvalue weighted by Crippen LogP contribution is -2.34. The number of benzene rings is 1. The van der Waals surface area contributed by atoms with E-state index < -0.39 is 5.60 Å². The summed E-state index contributed by atoms with van der Waals surface area (Å²) in [5, 5.41) is 11.6. The summed E-state index contributed by atoms with van der Waals surface area (Å²) in [5.74, 6) is 6.27. The Morgan fingerprint density at radius 1 is 1.27 bits per heavy atom. The van der Waals surface area contributed by atoms with Crippen molar-refractivity contribution in [2.24, 2.45) is 0 Å². The van der Waals surface area contributed by atoms with E-state index in [1.807, 2.05) is 28.8 Å². The first-order chi connectivity index (χ1) is 16.0. The van der Waals surface area contributed by atoms with Crippen molar-refractivity contribution in [2.75, 3.05) is 26.0 Å². The summed E-state index contributed by atoms with van der Waals surface area (Å²) in [6, 6.07) is 7.86. The van der Waals surface area contributed by atoms with Gasteiger partial charge in [-0.15, -0.1) is 0 Å². The highest BCUT2D eigenvalue weighted by atomic mass is 16.5. The van der Waals surface area contributed by atoms with Crippen molar-refractivity contribution in [3.05, 3.63) is 41.7 Å². The fraction of sp³-hybridized carbons (Fsp3) is 0.400. The molecule has 0 saturated heterocycles. The number of para-hydroxylation sites is 1. The van der Waals surface area contributed by atoms with Crippen LogP contribution in [0.3, 0.4) is 0 Å². The number of nitrogen functional groups attached to an aromatic ring is 1. The van der Waals surface area contributed by atoms with E-state index in [1.54, 1.807) is 18.2 Å². The molecule has 3 heterocycles. The first kappa shape index (κ1) is 21.4. The number of aromatic nitrogens is 3. The highest BCUT2D eigenvalue weighted by Crippen LogP contribution is 2.39. The van der Waals surface area contributed by atoms with E-state index in [0.29, 0.717) is 43.9 Å². The van der Waals surface area contributed by atoms with E-state index in [4.69, 9.17) is 10.5 Å². The van der Waals surface area contributed by atoms with Gasteiger partial charge in [-0.3, -0.25) is 4.79 Å². The maximum absolute atomic E-state index is 13.8. The highest BCUT2D eigenvalue weighted by molar-refractivity contribution is 6.11. The van der Waals surface area contributed by atoms with Crippen molar-refractivity contribution in [3.63, 3.8) is 0 Å². The summed E-state index contributed by atoms with van der Waals surface area (Å²) in [6.07, 6.45) is 5.05. The zero-order valence-electron chi connectivity index (χ0n) is 18.7. The largest absolute Gasteiger partial charge is 0.383 e. The van der Waals surface area contributed by atoms with Gasteiger partial charge in [0.25, 0.3) is 5.91 Å². The molecule has 1 aliphatic heterocycles. The summed E-state index contributed by atoms with van der Waals surface area (Å²) in [5.41, 5.74) is 8.70. The Kier molecular flexibility index (Phi) is 5.52. The summed E-state index contributed by atoms with van der Waals surface area (Å²) in [7, 11) is 1.62. The van der Waals surface area contributed by atoms with Gasteiger partial charge in [-0.25, -0.2) is 9.97 Å². The first-order valence-corrected chi connectivity index (χ1v) is 11.2. The fourth-order valence-electron chi connectivity index (χ4n) is 4.86. The standard InChI is InChI=1S/C25H27N5O3/c1-33-14-13-29-16-17-15-27-24(26)28-21(17)20-18-7-2-3-8-19(18)30(22(20)23(29)31)12-6-11-25(32)9-4-5-10-25/h2-3,7-8,15,32H,4-5,9-10,12-14,16H2,1H3,(H2,26,27,28). The van der Waals surface area contributed by atoms with Gasteiger partial charge in [0.15, 0.2) is 0 Å². The van der Waals surface area contributed by atoms with Crippen LogP contribution in [0, 0.1) is 11.8 Å². The average Bonchev–Trinajstić information content (AvgIpc) is 3.35. The van der Waals surface area contributed by atoms with Gasteiger partial charge in [0, 0.05) is 42.9 Å². The molecule has 3 aromatic rings. The second kappa shape index (κ2) is 8.50. The smallest absolute Gasteiger partial charge is 0.271 e. The second-order valence-corrected chi connectivity index (χ2v) is 8.69. The van der Waals surface area contributed by atoms with E-state index in [2.05, 4.69) is 21.8 Å². The van der Waals surface area contributed by atoms with Crippen LogP contribution in [0.25, 0.3) is 22.2 Å². The third kappa shape index (κ3) is 3.84. The molecule has 8 nitrogen and oxygen atoms in total. The van der Waals surface area contributed by atoms with Crippen molar-refractivity contribution < 1.29 is 14.6 Å². The molecule has 1 aliphatic carbocycles. The lowest BCUT2D eigenvalue weighted by molar-refractivity contribution is 0.0675. The van der Waals surface area contributed by atoms with Gasteiger partial charge in [-0.05, 0) is 31.7 Å². The van der Waals surface area contributed by atoms with Crippen LogP contribution in [0.15, 0.2) is 30.5 Å². The Morgan fingerprint density at radius 3 is 2.85 bits per heavy atom. The quantitative estimate of drug-likeness (QED) is 0.598. The van der Waals surface area contributed by atoms with Crippen LogP contribution in [-0.2, 0) is 17.8 Å². The molecule has 0 unspecified atom stereocenters. The van der Waals surface area contributed by atoms with E-state index in [0.717, 1.165) is 34.9 Å². The maximum atomic E-state index is 13.8. The fourth-order valence-corrected chi connectivity index (χ4v) is 4.86. The van der Waals surface area contributed by atoms with Gasteiger partial charge in [0.1, 0.15) is 11.3 Å². The molecule has 1 fully saturated rings. The Hall–Kier alpha value is -3.41. The van der Waals surface area contributed by atoms with Gasteiger partial charge >= 0.3 is 0 Å². The van der Waals surface area contributed by atoms with Gasteiger partial charge in [0.2, 0.25) is 5.95 Å². The van der Waals surface area contributed by atoms with Crippen LogP contribution >= 0.6 is 0 Å². The third-order valence-corrected chi connectivity index (χ3v) is 6.50. The van der Waals surface area contributed by atoms with Crippen LogP contribution in [0.2, 0.25) is 0 Å². The molecule has 0 spiro atoms. The topological polar surface area (TPSA) is 106 Å². The van der Waals surface area contributed by atoms with Gasteiger partial charge in [-0.1, -0.05) is 30.0 Å². The Labute approximate surface area is 192 Å². The zero-order valence-corrected chi connectivity index (χ0v) is 18.7. The predicted molar refractivity (Wildman–Crippen MR) is 125 cm³/mol. The number of methoxy groups -OCH3 is 1. The molecule has 0 bridgehead atoms. The van der Waals surface area contributed by atoms with Crippen LogP contribution in [0.1, 0.15) is 41.7 Å². The molecule has 1 amide bonds. The molecule has 1 saturated carbocycles. The number of nitrogens with two attached hydrogens (primary N) is 1. The molecular formula is C25H27N5O3. The van der Waals surface area contributed by atoms with Crippen molar-refractivity contribution in [1.29, 1.82) is 0 Å². The third-order valence-electron chi connectivity index (χ3n) is 6.50. The minimum Gasteiger partial charge on any atom is -0.383 e. The number of amides is 1. The van der Waals surface area contributed by atoms with Gasteiger partial charge in [-0.2, -0.15) is 0 Å². The SMILES string of the molecule is COCCN1Cc2cnc(N)nc2-c2c(n(CC#CC3(O)CCCC3)c3ccccc23)C1=O. The molecule has 33 heavy (non-hydrogen) atoms. The van der Waals surface area contributed by atoms with Crippen LogP contribution in [0.5, 0.6) is 0 Å². The highest BCUT2D eigenvalue weighted by Gasteiger charge is 2.33. The molecule has 8 heteroatoms.